The van der Waals surface area contributed by atoms with Gasteiger partial charge in [0.15, 0.2) is 0 Å². The van der Waals surface area contributed by atoms with E-state index in [-0.39, 0.29) is 11.5 Å². The Hall–Kier alpha value is -1.95. The number of carbonyl (C=O) groups is 1. The Morgan fingerprint density at radius 3 is 2.75 bits per heavy atom. The van der Waals surface area contributed by atoms with E-state index in [0.717, 1.165) is 4.88 Å². The van der Waals surface area contributed by atoms with Crippen LogP contribution < -0.4 is 10.9 Å². The maximum Gasteiger partial charge on any atom is 0.267 e. The minimum Gasteiger partial charge on any atom is -0.354 e. The van der Waals surface area contributed by atoms with Gasteiger partial charge in [0, 0.05) is 12.6 Å². The van der Waals surface area contributed by atoms with E-state index in [4.69, 9.17) is 0 Å². The first kappa shape index (κ1) is 14.5. The van der Waals surface area contributed by atoms with Crippen LogP contribution in [-0.2, 0) is 10.3 Å². The van der Waals surface area contributed by atoms with Gasteiger partial charge in [0.25, 0.3) is 5.56 Å². The highest BCUT2D eigenvalue weighted by molar-refractivity contribution is 7.13. The topological polar surface area (TPSA) is 64.0 Å². The van der Waals surface area contributed by atoms with Crippen molar-refractivity contribution in [3.63, 3.8) is 0 Å². The van der Waals surface area contributed by atoms with Crippen molar-refractivity contribution in [1.82, 2.24) is 15.1 Å². The molecule has 20 heavy (non-hydrogen) atoms. The third kappa shape index (κ3) is 2.65. The number of carbonyl (C=O) groups excluding carboxylic acids is 1. The molecule has 2 rings (SSSR count). The number of aromatic nitrogens is 2. The molecule has 6 heteroatoms. The second-order valence-electron chi connectivity index (χ2n) is 4.86. The van der Waals surface area contributed by atoms with Gasteiger partial charge in [0.2, 0.25) is 5.91 Å². The van der Waals surface area contributed by atoms with Gasteiger partial charge in [-0.1, -0.05) is 6.07 Å². The predicted molar refractivity (Wildman–Crippen MR) is 79.8 cm³/mol. The summed E-state index contributed by atoms with van der Waals surface area (Å²) in [5, 5.41) is 9.02. The molecule has 0 spiro atoms. The highest BCUT2D eigenvalue weighted by Gasteiger charge is 2.31. The van der Waals surface area contributed by atoms with E-state index in [1.54, 1.807) is 31.3 Å². The Balaban J connectivity index is 2.48. The second kappa shape index (κ2) is 5.58. The summed E-state index contributed by atoms with van der Waals surface area (Å²) in [5.41, 5.74) is -0.626. The molecule has 5 nitrogen and oxygen atoms in total. The van der Waals surface area contributed by atoms with E-state index in [0.29, 0.717) is 12.2 Å². The quantitative estimate of drug-likeness (QED) is 0.935. The van der Waals surface area contributed by atoms with Crippen LogP contribution in [0.5, 0.6) is 0 Å². The number of hydrogen-bond donors (Lipinski definition) is 1. The maximum atomic E-state index is 12.1. The van der Waals surface area contributed by atoms with Crippen LogP contribution in [0, 0.1) is 0 Å². The molecule has 1 amide bonds. The molecular formula is C14H17N3O2S. The van der Waals surface area contributed by atoms with Crippen LogP contribution >= 0.6 is 11.3 Å². The zero-order chi connectivity index (χ0) is 14.8. The number of rotatable bonds is 4. The van der Waals surface area contributed by atoms with Crippen molar-refractivity contribution in [1.29, 1.82) is 0 Å². The summed E-state index contributed by atoms with van der Waals surface area (Å²) in [6.45, 7) is 5.73. The predicted octanol–water partition coefficient (Wildman–Crippen LogP) is 1.84. The molecule has 0 aromatic carbocycles. The summed E-state index contributed by atoms with van der Waals surface area (Å²) in [4.78, 5) is 25.1. The summed E-state index contributed by atoms with van der Waals surface area (Å²) in [6, 6.07) is 6.98. The molecule has 0 saturated heterocycles. The Bertz CT molecular complexity index is 659. The number of nitrogens with one attached hydrogen (secondary N) is 1. The Morgan fingerprint density at radius 1 is 1.40 bits per heavy atom. The van der Waals surface area contributed by atoms with Gasteiger partial charge in [0.1, 0.15) is 11.2 Å². The van der Waals surface area contributed by atoms with Gasteiger partial charge in [-0.3, -0.25) is 9.59 Å². The molecule has 2 heterocycles. The van der Waals surface area contributed by atoms with Crippen molar-refractivity contribution < 1.29 is 4.79 Å². The fourth-order valence-corrected chi connectivity index (χ4v) is 2.53. The molecule has 0 atom stereocenters. The smallest absolute Gasteiger partial charge is 0.267 e. The monoisotopic (exact) mass is 291 g/mol. The van der Waals surface area contributed by atoms with Crippen molar-refractivity contribution >= 4 is 17.2 Å². The van der Waals surface area contributed by atoms with E-state index in [2.05, 4.69) is 10.4 Å². The van der Waals surface area contributed by atoms with Gasteiger partial charge in [-0.05, 0) is 38.3 Å². The zero-order valence-electron chi connectivity index (χ0n) is 11.7. The summed E-state index contributed by atoms with van der Waals surface area (Å²) in [7, 11) is 0. The Morgan fingerprint density at radius 2 is 2.15 bits per heavy atom. The lowest BCUT2D eigenvalue weighted by Gasteiger charge is -2.24. The van der Waals surface area contributed by atoms with Crippen molar-refractivity contribution in [3.05, 3.63) is 40.0 Å². The molecule has 2 aromatic rings. The average Bonchev–Trinajstić information content (AvgIpc) is 2.93. The van der Waals surface area contributed by atoms with Crippen molar-refractivity contribution in [3.8, 4) is 10.6 Å². The Labute approximate surface area is 121 Å². The van der Waals surface area contributed by atoms with Crippen LogP contribution in [-0.4, -0.2) is 22.2 Å². The van der Waals surface area contributed by atoms with Crippen molar-refractivity contribution in [2.24, 2.45) is 0 Å². The van der Waals surface area contributed by atoms with Crippen LogP contribution in [0.2, 0.25) is 0 Å². The highest BCUT2D eigenvalue weighted by Crippen LogP contribution is 2.22. The summed E-state index contributed by atoms with van der Waals surface area (Å²) >= 11 is 1.54. The van der Waals surface area contributed by atoms with Crippen LogP contribution in [0.15, 0.2) is 34.4 Å². The number of likely N-dealkylation sites (N-methyl/N-ethyl adjacent to an activating group) is 1. The van der Waals surface area contributed by atoms with Crippen molar-refractivity contribution in [2.75, 3.05) is 6.54 Å². The van der Waals surface area contributed by atoms with Gasteiger partial charge < -0.3 is 5.32 Å². The number of amides is 1. The minimum absolute atomic E-state index is 0.224. The van der Waals surface area contributed by atoms with E-state index in [9.17, 15) is 9.59 Å². The molecule has 0 radical (unpaired) electrons. The van der Waals surface area contributed by atoms with Gasteiger partial charge >= 0.3 is 0 Å². The lowest BCUT2D eigenvalue weighted by molar-refractivity contribution is -0.128. The molecule has 1 N–H and O–H groups in total. The molecule has 0 saturated carbocycles. The second-order valence-corrected chi connectivity index (χ2v) is 5.81. The minimum atomic E-state index is -1.03. The number of nitrogens with zero attached hydrogens (tertiary/aromatic N) is 2. The molecule has 2 aromatic heterocycles. The maximum absolute atomic E-state index is 12.1. The molecule has 0 aliphatic heterocycles. The van der Waals surface area contributed by atoms with Crippen molar-refractivity contribution in [2.45, 2.75) is 26.3 Å². The molecule has 106 valence electrons. The number of thiophene rings is 1. The van der Waals surface area contributed by atoms with E-state index < -0.39 is 5.54 Å². The highest BCUT2D eigenvalue weighted by atomic mass is 32.1. The SMILES string of the molecule is CCNC(=O)C(C)(C)n1nc(-c2cccs2)ccc1=O. The standard InChI is InChI=1S/C14H17N3O2S/c1-4-15-13(19)14(2,3)17-12(18)8-7-10(16-17)11-6-5-9-20-11/h5-9H,4H2,1-3H3,(H,15,19). The van der Waals surface area contributed by atoms with Gasteiger partial charge in [0.05, 0.1) is 4.88 Å². The average molecular weight is 291 g/mol. The van der Waals surface area contributed by atoms with Gasteiger partial charge in [-0.2, -0.15) is 5.10 Å². The lowest BCUT2D eigenvalue weighted by atomic mass is 10.0. The van der Waals surface area contributed by atoms with Crippen LogP contribution in [0.25, 0.3) is 10.6 Å². The van der Waals surface area contributed by atoms with Crippen LogP contribution in [0.4, 0.5) is 0 Å². The first-order chi connectivity index (χ1) is 9.46. The molecule has 0 unspecified atom stereocenters. The first-order valence-electron chi connectivity index (χ1n) is 6.40. The van der Waals surface area contributed by atoms with Crippen LogP contribution in [0.3, 0.4) is 0 Å². The fraction of sp³-hybridized carbons (Fsp3) is 0.357. The number of hydrogen-bond acceptors (Lipinski definition) is 4. The fourth-order valence-electron chi connectivity index (χ4n) is 1.84. The third-order valence-corrected chi connectivity index (χ3v) is 3.89. The molecule has 0 fully saturated rings. The van der Waals surface area contributed by atoms with E-state index >= 15 is 0 Å². The Kier molecular flexibility index (Phi) is 4.04. The summed E-state index contributed by atoms with van der Waals surface area (Å²) < 4.78 is 1.24. The molecule has 0 bridgehead atoms. The normalized spacial score (nSPS) is 11.3. The first-order valence-corrected chi connectivity index (χ1v) is 7.28. The molecular weight excluding hydrogens is 274 g/mol. The zero-order valence-corrected chi connectivity index (χ0v) is 12.5. The summed E-state index contributed by atoms with van der Waals surface area (Å²) in [6.07, 6.45) is 0. The van der Waals surface area contributed by atoms with E-state index in [1.807, 2.05) is 24.4 Å². The molecule has 0 aliphatic rings. The van der Waals surface area contributed by atoms with Gasteiger partial charge in [-0.15, -0.1) is 11.3 Å². The summed E-state index contributed by atoms with van der Waals surface area (Å²) in [5.74, 6) is -0.224. The largest absolute Gasteiger partial charge is 0.354 e. The molecule has 0 aliphatic carbocycles. The van der Waals surface area contributed by atoms with Gasteiger partial charge in [-0.25, -0.2) is 4.68 Å². The van der Waals surface area contributed by atoms with Crippen LogP contribution in [0.1, 0.15) is 20.8 Å². The lowest BCUT2D eigenvalue weighted by Crippen LogP contribution is -2.49. The van der Waals surface area contributed by atoms with E-state index in [1.165, 1.54) is 10.7 Å². The third-order valence-electron chi connectivity index (χ3n) is 3.00.